The van der Waals surface area contributed by atoms with E-state index >= 15 is 0 Å². The Bertz CT molecular complexity index is 81.1. The minimum atomic E-state index is 0.114. The highest BCUT2D eigenvalue weighted by atomic mass is 15.2. The van der Waals surface area contributed by atoms with Crippen LogP contribution in [0.1, 0.15) is 19.8 Å². The Kier molecular flexibility index (Phi) is 5.46. The van der Waals surface area contributed by atoms with E-state index in [1.807, 2.05) is 21.1 Å². The predicted molar refractivity (Wildman–Crippen MR) is 49.7 cm³/mol. The normalized spacial score (nSPS) is 12.0. The fourth-order valence-corrected chi connectivity index (χ4v) is 1.24. The van der Waals surface area contributed by atoms with Crippen LogP contribution >= 0.6 is 0 Å². The molecular formula is C8H21N3. The van der Waals surface area contributed by atoms with Crippen LogP contribution in [0.25, 0.3) is 0 Å². The Hall–Kier alpha value is -0.120. The highest BCUT2D eigenvalue weighted by Gasteiger charge is 2.21. The van der Waals surface area contributed by atoms with E-state index in [4.69, 9.17) is 0 Å². The number of hydrogen-bond donors (Lipinski definition) is 3. The third kappa shape index (κ3) is 3.18. The van der Waals surface area contributed by atoms with Crippen molar-refractivity contribution in [3.63, 3.8) is 0 Å². The average Bonchev–Trinajstić information content (AvgIpc) is 2.08. The van der Waals surface area contributed by atoms with Crippen LogP contribution in [-0.4, -0.2) is 33.4 Å². The van der Waals surface area contributed by atoms with E-state index in [-0.39, 0.29) is 5.66 Å². The van der Waals surface area contributed by atoms with Gasteiger partial charge in [-0.25, -0.2) is 0 Å². The van der Waals surface area contributed by atoms with Gasteiger partial charge in [0.2, 0.25) is 0 Å². The first kappa shape index (κ1) is 10.9. The van der Waals surface area contributed by atoms with Crippen molar-refractivity contribution in [3.8, 4) is 0 Å². The molecule has 0 atom stereocenters. The topological polar surface area (TPSA) is 36.1 Å². The molecule has 0 spiro atoms. The Labute approximate surface area is 69.9 Å². The zero-order valence-electron chi connectivity index (χ0n) is 8.12. The molecule has 0 unspecified atom stereocenters. The molecule has 11 heavy (non-hydrogen) atoms. The molecule has 0 aliphatic heterocycles. The van der Waals surface area contributed by atoms with Crippen molar-refractivity contribution in [1.82, 2.24) is 16.0 Å². The second-order valence-electron chi connectivity index (χ2n) is 2.79. The molecule has 0 fully saturated rings. The second kappa shape index (κ2) is 5.52. The van der Waals surface area contributed by atoms with Crippen molar-refractivity contribution in [2.24, 2.45) is 0 Å². The Morgan fingerprint density at radius 1 is 1.09 bits per heavy atom. The maximum Gasteiger partial charge on any atom is 0.0691 e. The summed E-state index contributed by atoms with van der Waals surface area (Å²) in [4.78, 5) is 0. The van der Waals surface area contributed by atoms with Gasteiger partial charge in [0.25, 0.3) is 0 Å². The van der Waals surface area contributed by atoms with E-state index in [0.717, 1.165) is 19.4 Å². The summed E-state index contributed by atoms with van der Waals surface area (Å²) in [5.41, 5.74) is 0.114. The van der Waals surface area contributed by atoms with Gasteiger partial charge in [-0.3, -0.25) is 0 Å². The lowest BCUT2D eigenvalue weighted by Crippen LogP contribution is -2.54. The minimum absolute atomic E-state index is 0.114. The Balaban J connectivity index is 3.84. The van der Waals surface area contributed by atoms with Gasteiger partial charge in [-0.05, 0) is 40.5 Å². The van der Waals surface area contributed by atoms with Crippen molar-refractivity contribution >= 4 is 0 Å². The van der Waals surface area contributed by atoms with Gasteiger partial charge in [0, 0.05) is 0 Å². The fraction of sp³-hybridized carbons (Fsp3) is 1.00. The van der Waals surface area contributed by atoms with Crippen LogP contribution in [0.3, 0.4) is 0 Å². The van der Waals surface area contributed by atoms with Crippen LogP contribution < -0.4 is 16.0 Å². The highest BCUT2D eigenvalue weighted by molar-refractivity contribution is 4.81. The molecule has 3 nitrogen and oxygen atoms in total. The van der Waals surface area contributed by atoms with Gasteiger partial charge in [0.1, 0.15) is 0 Å². The zero-order valence-corrected chi connectivity index (χ0v) is 8.12. The van der Waals surface area contributed by atoms with Gasteiger partial charge in [-0.2, -0.15) is 0 Å². The fourth-order valence-electron chi connectivity index (χ4n) is 1.24. The highest BCUT2D eigenvalue weighted by Crippen LogP contribution is 2.08. The SMILES string of the molecule is CCC(CCNC)(NC)NC. The first-order valence-electron chi connectivity index (χ1n) is 4.27. The summed E-state index contributed by atoms with van der Waals surface area (Å²) < 4.78 is 0. The van der Waals surface area contributed by atoms with Crippen LogP contribution in [-0.2, 0) is 0 Å². The average molecular weight is 159 g/mol. The monoisotopic (exact) mass is 159 g/mol. The summed E-state index contributed by atoms with van der Waals surface area (Å²) >= 11 is 0. The Morgan fingerprint density at radius 3 is 1.91 bits per heavy atom. The van der Waals surface area contributed by atoms with Crippen LogP contribution in [0.4, 0.5) is 0 Å². The van der Waals surface area contributed by atoms with E-state index in [1.54, 1.807) is 0 Å². The molecule has 0 saturated heterocycles. The molecule has 0 saturated carbocycles. The summed E-state index contributed by atoms with van der Waals surface area (Å²) in [6.45, 7) is 3.22. The molecule has 3 N–H and O–H groups in total. The molecule has 3 heteroatoms. The number of hydrogen-bond acceptors (Lipinski definition) is 3. The third-order valence-electron chi connectivity index (χ3n) is 2.36. The van der Waals surface area contributed by atoms with Gasteiger partial charge in [0.05, 0.1) is 5.66 Å². The molecule has 68 valence electrons. The zero-order chi connectivity index (χ0) is 8.74. The molecule has 0 aromatic heterocycles. The largest absolute Gasteiger partial charge is 0.320 e. The molecule has 0 aromatic rings. The standard InChI is InChI=1S/C8H21N3/c1-5-8(10-3,11-4)6-7-9-2/h9-11H,5-7H2,1-4H3. The molecule has 0 heterocycles. The third-order valence-corrected chi connectivity index (χ3v) is 2.36. The molecule has 0 bridgehead atoms. The summed E-state index contributed by atoms with van der Waals surface area (Å²) in [5, 5.41) is 9.74. The summed E-state index contributed by atoms with van der Waals surface area (Å²) in [7, 11) is 5.97. The summed E-state index contributed by atoms with van der Waals surface area (Å²) in [6.07, 6.45) is 2.20. The minimum Gasteiger partial charge on any atom is -0.320 e. The smallest absolute Gasteiger partial charge is 0.0691 e. The maximum atomic E-state index is 3.30. The van der Waals surface area contributed by atoms with Crippen molar-refractivity contribution in [2.75, 3.05) is 27.7 Å². The summed E-state index contributed by atoms with van der Waals surface area (Å²) in [5.74, 6) is 0. The molecule has 0 aromatic carbocycles. The molecule has 0 rings (SSSR count). The predicted octanol–water partition coefficient (Wildman–Crippen LogP) is 0.141. The van der Waals surface area contributed by atoms with Crippen LogP contribution in [0, 0.1) is 0 Å². The van der Waals surface area contributed by atoms with Crippen LogP contribution in [0.2, 0.25) is 0 Å². The molecule has 0 aliphatic carbocycles. The van der Waals surface area contributed by atoms with Gasteiger partial charge >= 0.3 is 0 Å². The van der Waals surface area contributed by atoms with E-state index in [0.29, 0.717) is 0 Å². The van der Waals surface area contributed by atoms with E-state index in [9.17, 15) is 0 Å². The molecule has 0 radical (unpaired) electrons. The van der Waals surface area contributed by atoms with Gasteiger partial charge in [-0.1, -0.05) is 6.92 Å². The van der Waals surface area contributed by atoms with Crippen molar-refractivity contribution < 1.29 is 0 Å². The number of nitrogens with one attached hydrogen (secondary N) is 3. The lowest BCUT2D eigenvalue weighted by atomic mass is 10.0. The first-order chi connectivity index (χ1) is 5.24. The first-order valence-corrected chi connectivity index (χ1v) is 4.27. The lowest BCUT2D eigenvalue weighted by Gasteiger charge is -2.32. The van der Waals surface area contributed by atoms with E-state index < -0.39 is 0 Å². The molecule has 0 aliphatic rings. The van der Waals surface area contributed by atoms with E-state index in [1.165, 1.54) is 0 Å². The van der Waals surface area contributed by atoms with Crippen LogP contribution in [0.15, 0.2) is 0 Å². The van der Waals surface area contributed by atoms with Crippen molar-refractivity contribution in [3.05, 3.63) is 0 Å². The van der Waals surface area contributed by atoms with Crippen molar-refractivity contribution in [2.45, 2.75) is 25.4 Å². The number of rotatable bonds is 6. The van der Waals surface area contributed by atoms with Gasteiger partial charge in [0.15, 0.2) is 0 Å². The molecule has 0 amide bonds. The quantitative estimate of drug-likeness (QED) is 0.483. The second-order valence-corrected chi connectivity index (χ2v) is 2.79. The molecular weight excluding hydrogens is 138 g/mol. The van der Waals surface area contributed by atoms with Gasteiger partial charge < -0.3 is 16.0 Å². The Morgan fingerprint density at radius 2 is 1.64 bits per heavy atom. The maximum absolute atomic E-state index is 3.30. The van der Waals surface area contributed by atoms with Gasteiger partial charge in [-0.15, -0.1) is 0 Å². The lowest BCUT2D eigenvalue weighted by molar-refractivity contribution is 0.262. The van der Waals surface area contributed by atoms with E-state index in [2.05, 4.69) is 22.9 Å². The van der Waals surface area contributed by atoms with Crippen molar-refractivity contribution in [1.29, 1.82) is 0 Å². The van der Waals surface area contributed by atoms with Crippen LogP contribution in [0.5, 0.6) is 0 Å². The summed E-state index contributed by atoms with van der Waals surface area (Å²) in [6, 6.07) is 0.